The number of aromatic amines is 1. The normalized spacial score (nSPS) is 20.0. The number of fused-ring (bicyclic) bond motifs is 1. The summed E-state index contributed by atoms with van der Waals surface area (Å²) in [4.78, 5) is 36.9. The van der Waals surface area contributed by atoms with Crippen LogP contribution in [0.15, 0.2) is 54.9 Å². The highest BCUT2D eigenvalue weighted by Crippen LogP contribution is 2.52. The maximum atomic E-state index is 14.4. The van der Waals surface area contributed by atoms with Crippen LogP contribution in [0.5, 0.6) is 11.6 Å². The molecule has 1 amide bonds. The average Bonchev–Trinajstić information content (AvgIpc) is 3.61. The SMILES string of the molecule is COc1cc(-c2cc(C(=O)c3ccc(N4CC[C@H](C(=O)N[C@@H]5CCOc6cc(F)cnc65)CC45CC5)cc3)[nH]n2)c(F)cn1. The largest absolute Gasteiger partial charge is 0.491 e. The Hall–Kier alpha value is -4.87. The van der Waals surface area contributed by atoms with Gasteiger partial charge in [0, 0.05) is 53.4 Å². The number of nitrogens with zero attached hydrogens (tertiary/aromatic N) is 4. The number of halogens is 2. The van der Waals surface area contributed by atoms with Crippen molar-refractivity contribution in [3.05, 3.63) is 83.4 Å². The minimum absolute atomic E-state index is 0.00939. The van der Waals surface area contributed by atoms with Crippen molar-refractivity contribution >= 4 is 17.4 Å². The molecule has 12 heteroatoms. The van der Waals surface area contributed by atoms with Gasteiger partial charge in [-0.05, 0) is 56.0 Å². The van der Waals surface area contributed by atoms with Crippen molar-refractivity contribution < 1.29 is 27.8 Å². The van der Waals surface area contributed by atoms with E-state index in [1.54, 1.807) is 12.1 Å². The van der Waals surface area contributed by atoms with Crippen molar-refractivity contribution in [1.29, 1.82) is 0 Å². The molecular formula is C32H30F2N6O4. The number of carbonyl (C=O) groups excluding carboxylic acids is 2. The average molecular weight is 601 g/mol. The molecule has 44 heavy (non-hydrogen) atoms. The second kappa shape index (κ2) is 11.0. The van der Waals surface area contributed by atoms with E-state index >= 15 is 0 Å². The Labute approximate surface area is 251 Å². The van der Waals surface area contributed by atoms with E-state index in [1.807, 2.05) is 12.1 Å². The Morgan fingerprint density at radius 3 is 2.68 bits per heavy atom. The van der Waals surface area contributed by atoms with Gasteiger partial charge in [0.05, 0.1) is 37.8 Å². The number of nitrogens with one attached hydrogen (secondary N) is 2. The standard InChI is InChI=1S/C32H30F2N6O4/c1-43-28-13-22(23(34)17-35-28)25-14-26(39-38-25)30(41)18-2-4-21(5-3-18)40-10-6-19(15-32(40)8-9-32)31(42)37-24-7-11-44-27-12-20(33)16-36-29(24)27/h2-5,12-14,16-17,19,24H,6-11,15H2,1H3,(H,37,42)(H,38,39)/t19-,24+/m0/s1. The smallest absolute Gasteiger partial charge is 0.223 e. The number of methoxy groups -OCH3 is 1. The van der Waals surface area contributed by atoms with Crippen LogP contribution >= 0.6 is 0 Å². The summed E-state index contributed by atoms with van der Waals surface area (Å²) in [5.41, 5.74) is 2.64. The van der Waals surface area contributed by atoms with E-state index in [0.29, 0.717) is 43.0 Å². The van der Waals surface area contributed by atoms with E-state index in [0.717, 1.165) is 37.3 Å². The highest BCUT2D eigenvalue weighted by atomic mass is 19.1. The van der Waals surface area contributed by atoms with E-state index in [2.05, 4.69) is 30.4 Å². The molecule has 226 valence electrons. The Kier molecular flexibility index (Phi) is 6.98. The molecule has 1 aromatic carbocycles. The number of piperidine rings is 1. The van der Waals surface area contributed by atoms with Crippen LogP contribution in [0.25, 0.3) is 11.3 Å². The molecule has 2 aliphatic heterocycles. The van der Waals surface area contributed by atoms with Crippen LogP contribution in [0.3, 0.4) is 0 Å². The first kappa shape index (κ1) is 27.9. The van der Waals surface area contributed by atoms with Crippen molar-refractivity contribution in [2.45, 2.75) is 43.7 Å². The molecule has 2 fully saturated rings. The van der Waals surface area contributed by atoms with E-state index < -0.39 is 11.6 Å². The Morgan fingerprint density at radius 2 is 1.91 bits per heavy atom. The number of hydrogen-bond donors (Lipinski definition) is 2. The van der Waals surface area contributed by atoms with Crippen molar-refractivity contribution in [3.8, 4) is 22.9 Å². The summed E-state index contributed by atoms with van der Waals surface area (Å²) in [6, 6.07) is 11.4. The third-order valence-electron chi connectivity index (χ3n) is 8.84. The van der Waals surface area contributed by atoms with Crippen LogP contribution in [0.4, 0.5) is 14.5 Å². The van der Waals surface area contributed by atoms with Crippen LogP contribution in [0.1, 0.15) is 59.9 Å². The first-order valence-electron chi connectivity index (χ1n) is 14.6. The van der Waals surface area contributed by atoms with Crippen LogP contribution in [-0.2, 0) is 4.79 Å². The third kappa shape index (κ3) is 5.14. The van der Waals surface area contributed by atoms with Crippen LogP contribution in [0.2, 0.25) is 0 Å². The maximum absolute atomic E-state index is 14.4. The molecule has 0 bridgehead atoms. The molecule has 5 heterocycles. The Morgan fingerprint density at radius 1 is 1.09 bits per heavy atom. The van der Waals surface area contributed by atoms with Gasteiger partial charge in [-0.2, -0.15) is 5.10 Å². The Balaban J connectivity index is 1.01. The number of benzene rings is 1. The summed E-state index contributed by atoms with van der Waals surface area (Å²) in [5.74, 6) is -0.824. The van der Waals surface area contributed by atoms with Gasteiger partial charge in [-0.25, -0.2) is 13.8 Å². The lowest BCUT2D eigenvalue weighted by atomic mass is 9.87. The van der Waals surface area contributed by atoms with Gasteiger partial charge >= 0.3 is 0 Å². The van der Waals surface area contributed by atoms with Crippen molar-refractivity contribution in [2.75, 3.05) is 25.2 Å². The molecule has 2 atom stereocenters. The number of H-pyrrole nitrogens is 1. The van der Waals surface area contributed by atoms with Crippen molar-refractivity contribution in [3.63, 3.8) is 0 Å². The van der Waals surface area contributed by atoms with Gasteiger partial charge in [0.1, 0.15) is 23.0 Å². The number of ketones is 1. The lowest BCUT2D eigenvalue weighted by molar-refractivity contribution is -0.127. The van der Waals surface area contributed by atoms with Gasteiger partial charge in [0.25, 0.3) is 0 Å². The zero-order chi connectivity index (χ0) is 30.4. The fourth-order valence-electron chi connectivity index (χ4n) is 6.35. The molecule has 2 N–H and O–H groups in total. The fraction of sp³-hybridized carbons (Fsp3) is 0.344. The quantitative estimate of drug-likeness (QED) is 0.291. The molecule has 1 spiro atoms. The summed E-state index contributed by atoms with van der Waals surface area (Å²) >= 11 is 0. The van der Waals surface area contributed by atoms with Gasteiger partial charge in [-0.3, -0.25) is 19.7 Å². The number of ether oxygens (including phenoxy) is 2. The molecule has 1 saturated heterocycles. The molecular weight excluding hydrogens is 570 g/mol. The van der Waals surface area contributed by atoms with E-state index in [4.69, 9.17) is 9.47 Å². The molecule has 0 unspecified atom stereocenters. The molecule has 3 aromatic heterocycles. The zero-order valence-corrected chi connectivity index (χ0v) is 24.0. The molecule has 4 aromatic rings. The number of anilines is 1. The number of hydrogen-bond acceptors (Lipinski definition) is 8. The Bertz CT molecular complexity index is 1740. The van der Waals surface area contributed by atoms with Crippen LogP contribution in [0, 0.1) is 17.6 Å². The molecule has 10 nitrogen and oxygen atoms in total. The summed E-state index contributed by atoms with van der Waals surface area (Å²) in [5, 5.41) is 9.99. The lowest BCUT2D eigenvalue weighted by Gasteiger charge is -2.42. The highest BCUT2D eigenvalue weighted by molar-refractivity contribution is 6.08. The second-order valence-corrected chi connectivity index (χ2v) is 11.6. The molecule has 0 radical (unpaired) electrons. The summed E-state index contributed by atoms with van der Waals surface area (Å²) < 4.78 is 38.6. The van der Waals surface area contributed by atoms with E-state index in [1.165, 1.54) is 25.3 Å². The topological polar surface area (TPSA) is 122 Å². The number of pyridine rings is 2. The maximum Gasteiger partial charge on any atom is 0.223 e. The van der Waals surface area contributed by atoms with Gasteiger partial charge < -0.3 is 19.7 Å². The molecule has 1 aliphatic carbocycles. The molecule has 3 aliphatic rings. The highest BCUT2D eigenvalue weighted by Gasteiger charge is 2.53. The molecule has 7 rings (SSSR count). The van der Waals surface area contributed by atoms with Gasteiger partial charge in [-0.1, -0.05) is 0 Å². The van der Waals surface area contributed by atoms with Gasteiger partial charge in [-0.15, -0.1) is 0 Å². The molecule has 1 saturated carbocycles. The third-order valence-corrected chi connectivity index (χ3v) is 8.84. The number of carbonyl (C=O) groups is 2. The predicted octanol–water partition coefficient (Wildman–Crippen LogP) is 4.77. The van der Waals surface area contributed by atoms with Gasteiger partial charge in [0.2, 0.25) is 17.6 Å². The fourth-order valence-corrected chi connectivity index (χ4v) is 6.35. The summed E-state index contributed by atoms with van der Waals surface area (Å²) in [7, 11) is 1.44. The number of amides is 1. The first-order valence-corrected chi connectivity index (χ1v) is 14.6. The minimum Gasteiger partial charge on any atom is -0.491 e. The first-order chi connectivity index (χ1) is 21.3. The van der Waals surface area contributed by atoms with E-state index in [9.17, 15) is 18.4 Å². The summed E-state index contributed by atoms with van der Waals surface area (Å²) in [6.07, 6.45) is 6.20. The van der Waals surface area contributed by atoms with Crippen LogP contribution in [-0.4, -0.2) is 57.7 Å². The van der Waals surface area contributed by atoms with E-state index in [-0.39, 0.29) is 52.0 Å². The van der Waals surface area contributed by atoms with Crippen molar-refractivity contribution in [1.82, 2.24) is 25.5 Å². The zero-order valence-electron chi connectivity index (χ0n) is 24.0. The number of aromatic nitrogens is 4. The second-order valence-electron chi connectivity index (χ2n) is 11.6. The monoisotopic (exact) mass is 600 g/mol. The minimum atomic E-state index is -0.571. The van der Waals surface area contributed by atoms with Gasteiger partial charge in [0.15, 0.2) is 5.82 Å². The van der Waals surface area contributed by atoms with Crippen LogP contribution < -0.4 is 19.7 Å². The predicted molar refractivity (Wildman–Crippen MR) is 155 cm³/mol. The van der Waals surface area contributed by atoms with Crippen molar-refractivity contribution in [2.24, 2.45) is 5.92 Å². The number of rotatable bonds is 7. The lowest BCUT2D eigenvalue weighted by Crippen LogP contribution is -2.49. The summed E-state index contributed by atoms with van der Waals surface area (Å²) in [6.45, 7) is 1.11.